The van der Waals surface area contributed by atoms with Gasteiger partial charge in [0.1, 0.15) is 4.85 Å². The van der Waals surface area contributed by atoms with Gasteiger partial charge in [-0.2, -0.15) is 0 Å². The summed E-state index contributed by atoms with van der Waals surface area (Å²) in [6, 6.07) is 1.11. The van der Waals surface area contributed by atoms with Crippen LogP contribution < -0.4 is 0 Å². The third-order valence-corrected chi connectivity index (χ3v) is 43.6. The van der Waals surface area contributed by atoms with Gasteiger partial charge in [-0.05, 0) is 156 Å². The van der Waals surface area contributed by atoms with E-state index >= 15 is 0 Å². The summed E-state index contributed by atoms with van der Waals surface area (Å²) in [7, 11) is -21.6. The molecule has 0 heterocycles. The number of hydrogen-bond acceptors (Lipinski definition) is 7. The van der Waals surface area contributed by atoms with E-state index in [2.05, 4.69) is 157 Å². The Morgan fingerprint density at radius 3 is 1.11 bits per heavy atom. The molecule has 0 aliphatic carbocycles. The second kappa shape index (κ2) is 15.9. The first kappa shape index (κ1) is 46.6. The topological polar surface area (TPSA) is 64.6 Å². The third kappa shape index (κ3) is 16.5. The van der Waals surface area contributed by atoms with Crippen LogP contribution >= 0.6 is 0 Å². The summed E-state index contributed by atoms with van der Waals surface area (Å²) in [5.74, 6) is 0. The van der Waals surface area contributed by atoms with Crippen LogP contribution in [0, 0.1) is 0 Å². The van der Waals surface area contributed by atoms with Crippen molar-refractivity contribution in [3.05, 3.63) is 11.3 Å². The summed E-state index contributed by atoms with van der Waals surface area (Å²) in [4.78, 5) is -0.638. The van der Waals surface area contributed by atoms with Gasteiger partial charge < -0.3 is 29.1 Å². The van der Waals surface area contributed by atoms with Crippen molar-refractivity contribution in [3.63, 3.8) is 0 Å². The first-order valence-electron chi connectivity index (χ1n) is 17.0. The molecule has 0 aromatic heterocycles. The second-order valence-electron chi connectivity index (χ2n) is 18.5. The SMILES string of the molecule is CCC[SiH2]OC(/C(C)=C/[Si](C)(C)O[Si](C)(C)O[Si](C)(C)C)([Si](C)(C)O[Si](C)(C)O[Si](C)(C)C)[Si](C)(C)O[Si](C)(C)O[Si](C)(C)C. The molecule has 0 radical (unpaired) electrons. The summed E-state index contributed by atoms with van der Waals surface area (Å²) in [6.07, 6.45) is 1.12. The van der Waals surface area contributed by atoms with E-state index in [9.17, 15) is 0 Å². The zero-order valence-electron chi connectivity index (χ0n) is 34.1. The lowest BCUT2D eigenvalue weighted by molar-refractivity contribution is 0.210. The summed E-state index contributed by atoms with van der Waals surface area (Å²) >= 11 is 0. The Kier molecular flexibility index (Phi) is 16.5. The van der Waals surface area contributed by atoms with Crippen molar-refractivity contribution in [2.45, 2.75) is 169 Å². The Labute approximate surface area is 292 Å². The molecule has 0 rings (SSSR count). The van der Waals surface area contributed by atoms with Crippen molar-refractivity contribution < 1.29 is 29.1 Å². The van der Waals surface area contributed by atoms with Gasteiger partial charge in [-0.3, -0.25) is 0 Å². The maximum absolute atomic E-state index is 7.52. The minimum Gasteiger partial charge on any atom is -0.437 e. The molecule has 7 nitrogen and oxygen atoms in total. The molecule has 0 saturated carbocycles. The van der Waals surface area contributed by atoms with Crippen molar-refractivity contribution >= 4 is 85.4 Å². The normalized spacial score (nSPS) is 16.3. The molecule has 0 aliphatic heterocycles. The lowest BCUT2D eigenvalue weighted by atomic mass is 10.4. The van der Waals surface area contributed by atoms with Gasteiger partial charge in [0.05, 0.1) is 0 Å². The van der Waals surface area contributed by atoms with Crippen LogP contribution in [0.1, 0.15) is 20.3 Å². The van der Waals surface area contributed by atoms with Gasteiger partial charge in [0, 0.05) is 0 Å². The summed E-state index contributed by atoms with van der Waals surface area (Å²) < 4.78 is 49.8. The zero-order chi connectivity index (χ0) is 36.4. The first-order chi connectivity index (χ1) is 19.4. The van der Waals surface area contributed by atoms with E-state index in [0.29, 0.717) is 0 Å². The molecule has 270 valence electrons. The maximum atomic E-state index is 7.52. The van der Waals surface area contributed by atoms with E-state index in [1.54, 1.807) is 0 Å². The third-order valence-electron chi connectivity index (χ3n) is 6.80. The first-order valence-corrected chi connectivity index (χ1v) is 46.0. The molecule has 0 fully saturated rings. The van der Waals surface area contributed by atoms with Gasteiger partial charge in [-0.1, -0.05) is 19.0 Å². The molecule has 0 N–H and O–H groups in total. The predicted octanol–water partition coefficient (Wildman–Crippen LogP) is 9.54. The molecule has 0 aliphatic rings. The largest absolute Gasteiger partial charge is 0.437 e. The molecule has 0 aromatic rings. The second-order valence-corrected chi connectivity index (χ2v) is 57.3. The van der Waals surface area contributed by atoms with E-state index in [1.165, 1.54) is 5.57 Å². The van der Waals surface area contributed by atoms with Crippen LogP contribution in [0.4, 0.5) is 0 Å². The highest BCUT2D eigenvalue weighted by molar-refractivity contribution is 7.01. The predicted molar refractivity (Wildman–Crippen MR) is 223 cm³/mol. The van der Waals surface area contributed by atoms with Crippen LogP contribution in [-0.4, -0.2) is 90.2 Å². The molecule has 45 heavy (non-hydrogen) atoms. The fourth-order valence-electron chi connectivity index (χ4n) is 7.44. The van der Waals surface area contributed by atoms with Crippen LogP contribution in [0.15, 0.2) is 11.3 Å². The Morgan fingerprint density at radius 1 is 0.511 bits per heavy atom. The Bertz CT molecular complexity index is 938. The van der Waals surface area contributed by atoms with Crippen molar-refractivity contribution in [1.29, 1.82) is 0 Å². The van der Waals surface area contributed by atoms with Crippen molar-refractivity contribution in [3.8, 4) is 0 Å². The minimum absolute atomic E-state index is 0.638. The minimum atomic E-state index is -2.75. The smallest absolute Gasteiger partial charge is 0.311 e. The van der Waals surface area contributed by atoms with E-state index in [-0.39, 0.29) is 0 Å². The van der Waals surface area contributed by atoms with Gasteiger partial charge >= 0.3 is 25.7 Å². The Morgan fingerprint density at radius 2 is 0.822 bits per heavy atom. The van der Waals surface area contributed by atoms with E-state index in [1.807, 2.05) is 0 Å². The molecular weight excluding hydrogens is 729 g/mol. The Balaban J connectivity index is 7.59. The molecule has 0 saturated heterocycles. The molecule has 0 atom stereocenters. The van der Waals surface area contributed by atoms with Crippen LogP contribution in [0.25, 0.3) is 0 Å². The molecule has 0 bridgehead atoms. The average Bonchev–Trinajstić information content (AvgIpc) is 2.61. The lowest BCUT2D eigenvalue weighted by Crippen LogP contribution is -2.77. The quantitative estimate of drug-likeness (QED) is 0.0898. The fourth-order valence-corrected chi connectivity index (χ4v) is 57.7. The zero-order valence-corrected chi connectivity index (χ0v) is 44.5. The maximum Gasteiger partial charge on any atom is 0.311 e. The van der Waals surface area contributed by atoms with E-state index in [0.717, 1.165) is 12.5 Å². The van der Waals surface area contributed by atoms with Crippen molar-refractivity contribution in [1.82, 2.24) is 0 Å². The monoisotopic (exact) mass is 804 g/mol. The van der Waals surface area contributed by atoms with Crippen molar-refractivity contribution in [2.24, 2.45) is 0 Å². The van der Waals surface area contributed by atoms with Crippen molar-refractivity contribution in [2.75, 3.05) is 0 Å². The summed E-state index contributed by atoms with van der Waals surface area (Å²) in [5.41, 5.74) is 3.68. The molecule has 0 unspecified atom stereocenters. The van der Waals surface area contributed by atoms with E-state index in [4.69, 9.17) is 29.1 Å². The van der Waals surface area contributed by atoms with E-state index < -0.39 is 90.2 Å². The fraction of sp³-hybridized carbons (Fsp3) is 0.929. The Hall–Kier alpha value is 1.63. The molecule has 0 aromatic carbocycles. The summed E-state index contributed by atoms with van der Waals surface area (Å²) in [5, 5.41) is 0. The molecule has 17 heteroatoms. The summed E-state index contributed by atoms with van der Waals surface area (Å²) in [6.45, 7) is 52.2. The lowest BCUT2D eigenvalue weighted by Gasteiger charge is -2.57. The van der Waals surface area contributed by atoms with Crippen LogP contribution in [0.2, 0.25) is 144 Å². The highest BCUT2D eigenvalue weighted by Gasteiger charge is 2.65. The average molecular weight is 806 g/mol. The number of hydrogen-bond donors (Lipinski definition) is 0. The van der Waals surface area contributed by atoms with Gasteiger partial charge in [0.15, 0.2) is 34.7 Å². The van der Waals surface area contributed by atoms with Gasteiger partial charge in [0.25, 0.3) is 0 Å². The highest BCUT2D eigenvalue weighted by Crippen LogP contribution is 2.45. The van der Waals surface area contributed by atoms with Gasteiger partial charge in [0.2, 0.25) is 25.0 Å². The van der Waals surface area contributed by atoms with Crippen LogP contribution in [-0.2, 0) is 29.1 Å². The number of rotatable bonds is 20. The molecule has 0 amide bonds. The standard InChI is InChI=1S/C28H76O7Si10/c1-24-25-36-29-28(41(14,15)34-44(20,21)31-38(6,7)8,42(16,17)35-45(22,23)32-39(9,10)11)27(2)26-40(12,13)33-43(18,19)30-37(3,4)5/h26H,24-25,36H2,1-23H3/b27-26+. The van der Waals surface area contributed by atoms with Crippen LogP contribution in [0.3, 0.4) is 0 Å². The molecule has 0 spiro atoms. The van der Waals surface area contributed by atoms with Gasteiger partial charge in [-0.15, -0.1) is 0 Å². The van der Waals surface area contributed by atoms with Gasteiger partial charge in [-0.25, -0.2) is 0 Å². The highest BCUT2D eigenvalue weighted by atomic mass is 28.5. The van der Waals surface area contributed by atoms with Crippen LogP contribution in [0.5, 0.6) is 0 Å². The molecular formula is C28H76O7Si10.